The maximum Gasteiger partial charge on any atom is 0.122 e. The molecule has 1 aromatic carbocycles. The van der Waals surface area contributed by atoms with Crippen molar-refractivity contribution in [2.45, 2.75) is 26.9 Å². The summed E-state index contributed by atoms with van der Waals surface area (Å²) in [5.74, 6) is 0.953. The van der Waals surface area contributed by atoms with E-state index < -0.39 is 0 Å². The molecular formula is C16H22N2O. The number of nitrogens with one attached hydrogen (secondary N) is 1. The van der Waals surface area contributed by atoms with Crippen molar-refractivity contribution in [2.24, 2.45) is 0 Å². The molecule has 0 saturated carbocycles. The Balaban J connectivity index is 1.94. The van der Waals surface area contributed by atoms with Crippen molar-refractivity contribution in [3.05, 3.63) is 54.0 Å². The lowest BCUT2D eigenvalue weighted by Gasteiger charge is -2.18. The number of rotatable bonds is 7. The third-order valence-electron chi connectivity index (χ3n) is 3.27. The summed E-state index contributed by atoms with van der Waals surface area (Å²) >= 11 is 0. The Labute approximate surface area is 115 Å². The lowest BCUT2D eigenvalue weighted by Crippen LogP contribution is -2.22. The first-order valence-corrected chi connectivity index (χ1v) is 6.89. The Morgan fingerprint density at radius 2 is 1.95 bits per heavy atom. The zero-order chi connectivity index (χ0) is 13.5. The first kappa shape index (κ1) is 13.7. The van der Waals surface area contributed by atoms with Crippen LogP contribution in [0, 0.1) is 0 Å². The molecular weight excluding hydrogens is 236 g/mol. The van der Waals surface area contributed by atoms with E-state index >= 15 is 0 Å². The van der Waals surface area contributed by atoms with Crippen molar-refractivity contribution in [1.29, 1.82) is 0 Å². The van der Waals surface area contributed by atoms with Gasteiger partial charge in [0.2, 0.25) is 0 Å². The first-order valence-electron chi connectivity index (χ1n) is 6.89. The zero-order valence-electron chi connectivity index (χ0n) is 11.7. The third kappa shape index (κ3) is 4.14. The van der Waals surface area contributed by atoms with E-state index in [0.29, 0.717) is 0 Å². The van der Waals surface area contributed by atoms with Gasteiger partial charge in [-0.1, -0.05) is 26.0 Å². The standard InChI is InChI=1S/C16H22N2O/c1-3-18(4-2)13-14-7-5-8-15(11-14)17-12-16-9-6-10-19-16/h5-11,17H,3-4,12-13H2,1-2H3. The van der Waals surface area contributed by atoms with Crippen LogP contribution in [0.15, 0.2) is 47.1 Å². The molecule has 1 aromatic heterocycles. The summed E-state index contributed by atoms with van der Waals surface area (Å²) in [5.41, 5.74) is 2.48. The Bertz CT molecular complexity index is 475. The lowest BCUT2D eigenvalue weighted by atomic mass is 10.2. The summed E-state index contributed by atoms with van der Waals surface area (Å²) in [5, 5.41) is 3.38. The SMILES string of the molecule is CCN(CC)Cc1cccc(NCc2ccco2)c1. The van der Waals surface area contributed by atoms with Crippen molar-refractivity contribution in [2.75, 3.05) is 18.4 Å². The van der Waals surface area contributed by atoms with Crippen LogP contribution in [-0.2, 0) is 13.1 Å². The van der Waals surface area contributed by atoms with Gasteiger partial charge in [-0.3, -0.25) is 4.90 Å². The van der Waals surface area contributed by atoms with Crippen molar-refractivity contribution in [1.82, 2.24) is 4.90 Å². The van der Waals surface area contributed by atoms with Gasteiger partial charge in [0.25, 0.3) is 0 Å². The summed E-state index contributed by atoms with van der Waals surface area (Å²) < 4.78 is 5.31. The topological polar surface area (TPSA) is 28.4 Å². The largest absolute Gasteiger partial charge is 0.467 e. The fraction of sp³-hybridized carbons (Fsp3) is 0.375. The van der Waals surface area contributed by atoms with Gasteiger partial charge < -0.3 is 9.73 Å². The fourth-order valence-corrected chi connectivity index (χ4v) is 2.09. The van der Waals surface area contributed by atoms with Gasteiger partial charge in [-0.05, 0) is 42.9 Å². The molecule has 1 N–H and O–H groups in total. The molecule has 3 nitrogen and oxygen atoms in total. The molecule has 1 heterocycles. The van der Waals surface area contributed by atoms with Crippen LogP contribution < -0.4 is 5.32 Å². The summed E-state index contributed by atoms with van der Waals surface area (Å²) in [7, 11) is 0. The third-order valence-corrected chi connectivity index (χ3v) is 3.27. The average molecular weight is 258 g/mol. The van der Waals surface area contributed by atoms with E-state index in [9.17, 15) is 0 Å². The Hall–Kier alpha value is -1.74. The minimum atomic E-state index is 0.724. The van der Waals surface area contributed by atoms with Gasteiger partial charge in [-0.15, -0.1) is 0 Å². The van der Waals surface area contributed by atoms with Crippen LogP contribution >= 0.6 is 0 Å². The second-order valence-corrected chi connectivity index (χ2v) is 4.59. The number of nitrogens with zero attached hydrogens (tertiary/aromatic N) is 1. The van der Waals surface area contributed by atoms with Crippen LogP contribution in [-0.4, -0.2) is 18.0 Å². The number of benzene rings is 1. The van der Waals surface area contributed by atoms with E-state index in [2.05, 4.69) is 48.3 Å². The Morgan fingerprint density at radius 1 is 1.11 bits per heavy atom. The van der Waals surface area contributed by atoms with E-state index in [1.807, 2.05) is 12.1 Å². The number of anilines is 1. The fourth-order valence-electron chi connectivity index (χ4n) is 2.09. The molecule has 0 spiro atoms. The molecule has 19 heavy (non-hydrogen) atoms. The van der Waals surface area contributed by atoms with Crippen molar-refractivity contribution in [3.8, 4) is 0 Å². The van der Waals surface area contributed by atoms with Gasteiger partial charge in [0, 0.05) is 12.2 Å². The molecule has 0 fully saturated rings. The molecule has 0 atom stereocenters. The Morgan fingerprint density at radius 3 is 2.63 bits per heavy atom. The first-order chi connectivity index (χ1) is 9.31. The summed E-state index contributed by atoms with van der Waals surface area (Å²) in [6.07, 6.45) is 1.70. The van der Waals surface area contributed by atoms with Crippen molar-refractivity contribution in [3.63, 3.8) is 0 Å². The molecule has 0 aliphatic rings. The Kier molecular flexibility index (Phi) is 5.04. The molecule has 2 rings (SSSR count). The highest BCUT2D eigenvalue weighted by Gasteiger charge is 2.02. The second kappa shape index (κ2) is 7.00. The molecule has 2 aromatic rings. The van der Waals surface area contributed by atoms with Crippen molar-refractivity contribution < 1.29 is 4.42 Å². The lowest BCUT2D eigenvalue weighted by molar-refractivity contribution is 0.296. The summed E-state index contributed by atoms with van der Waals surface area (Å²) in [6, 6.07) is 12.5. The van der Waals surface area contributed by atoms with Crippen LogP contribution in [0.3, 0.4) is 0 Å². The maximum atomic E-state index is 5.31. The van der Waals surface area contributed by atoms with E-state index in [1.54, 1.807) is 6.26 Å². The highest BCUT2D eigenvalue weighted by molar-refractivity contribution is 5.45. The smallest absolute Gasteiger partial charge is 0.122 e. The van der Waals surface area contributed by atoms with Gasteiger partial charge >= 0.3 is 0 Å². The van der Waals surface area contributed by atoms with Crippen molar-refractivity contribution >= 4 is 5.69 Å². The molecule has 0 amide bonds. The molecule has 0 unspecified atom stereocenters. The van der Waals surface area contributed by atoms with Crippen LogP contribution in [0.2, 0.25) is 0 Å². The van der Waals surface area contributed by atoms with Gasteiger partial charge in [-0.2, -0.15) is 0 Å². The highest BCUT2D eigenvalue weighted by Crippen LogP contribution is 2.14. The normalized spacial score (nSPS) is 10.9. The second-order valence-electron chi connectivity index (χ2n) is 4.59. The van der Waals surface area contributed by atoms with Crippen LogP contribution in [0.1, 0.15) is 25.2 Å². The van der Waals surface area contributed by atoms with Gasteiger partial charge in [-0.25, -0.2) is 0 Å². The van der Waals surface area contributed by atoms with Crippen LogP contribution in [0.5, 0.6) is 0 Å². The number of hydrogen-bond acceptors (Lipinski definition) is 3. The quantitative estimate of drug-likeness (QED) is 0.820. The van der Waals surface area contributed by atoms with E-state index in [4.69, 9.17) is 4.42 Å². The average Bonchev–Trinajstić information content (AvgIpc) is 2.96. The van der Waals surface area contributed by atoms with Crippen LogP contribution in [0.25, 0.3) is 0 Å². The molecule has 0 radical (unpaired) electrons. The monoisotopic (exact) mass is 258 g/mol. The van der Waals surface area contributed by atoms with E-state index in [0.717, 1.165) is 37.6 Å². The van der Waals surface area contributed by atoms with E-state index in [1.165, 1.54) is 5.56 Å². The highest BCUT2D eigenvalue weighted by atomic mass is 16.3. The maximum absolute atomic E-state index is 5.31. The predicted molar refractivity (Wildman–Crippen MR) is 79.1 cm³/mol. The minimum absolute atomic E-state index is 0.724. The van der Waals surface area contributed by atoms with Crippen LogP contribution in [0.4, 0.5) is 5.69 Å². The van der Waals surface area contributed by atoms with Gasteiger partial charge in [0.15, 0.2) is 0 Å². The molecule has 102 valence electrons. The molecule has 0 saturated heterocycles. The number of furan rings is 1. The molecule has 3 heteroatoms. The predicted octanol–water partition coefficient (Wildman–Crippen LogP) is 3.73. The summed E-state index contributed by atoms with van der Waals surface area (Å²) in [6.45, 7) is 8.29. The van der Waals surface area contributed by atoms with Gasteiger partial charge in [0.1, 0.15) is 5.76 Å². The van der Waals surface area contributed by atoms with E-state index in [-0.39, 0.29) is 0 Å². The number of hydrogen-bond donors (Lipinski definition) is 1. The molecule has 0 aliphatic heterocycles. The summed E-state index contributed by atoms with van der Waals surface area (Å²) in [4.78, 5) is 2.41. The minimum Gasteiger partial charge on any atom is -0.467 e. The zero-order valence-corrected chi connectivity index (χ0v) is 11.7. The molecule has 0 bridgehead atoms. The molecule has 0 aliphatic carbocycles. The van der Waals surface area contributed by atoms with Gasteiger partial charge in [0.05, 0.1) is 12.8 Å².